The average molecular weight is 529 g/mol. The molecule has 9 nitrogen and oxygen atoms in total. The second kappa shape index (κ2) is 10.4. The molecule has 0 atom stereocenters. The molecule has 1 aliphatic rings. The maximum Gasteiger partial charge on any atom is 0.416 e. The molecule has 0 spiro atoms. The van der Waals surface area contributed by atoms with Crippen molar-refractivity contribution in [2.45, 2.75) is 33.9 Å². The van der Waals surface area contributed by atoms with E-state index in [-0.39, 0.29) is 23.1 Å². The van der Waals surface area contributed by atoms with Gasteiger partial charge in [0.1, 0.15) is 11.6 Å². The van der Waals surface area contributed by atoms with Crippen molar-refractivity contribution >= 4 is 28.9 Å². The van der Waals surface area contributed by atoms with Crippen LogP contribution in [0.1, 0.15) is 46.6 Å². The third-order valence-electron chi connectivity index (χ3n) is 6.24. The first-order valence-corrected chi connectivity index (χ1v) is 12.1. The molecule has 1 aromatic carbocycles. The van der Waals surface area contributed by atoms with Gasteiger partial charge in [0, 0.05) is 43.7 Å². The van der Waals surface area contributed by atoms with Gasteiger partial charge in [0.15, 0.2) is 0 Å². The molecule has 0 aliphatic carbocycles. The second-order valence-corrected chi connectivity index (χ2v) is 9.74. The van der Waals surface area contributed by atoms with Crippen molar-refractivity contribution in [3.8, 4) is 0 Å². The number of hydrazine groups is 2. The van der Waals surface area contributed by atoms with Gasteiger partial charge in [-0.1, -0.05) is 19.9 Å². The molecule has 0 fully saturated rings. The smallest absolute Gasteiger partial charge is 0.359 e. The van der Waals surface area contributed by atoms with E-state index in [1.54, 1.807) is 46.0 Å². The Labute approximate surface area is 219 Å². The zero-order chi connectivity index (χ0) is 27.8. The molecule has 4 rings (SSSR count). The minimum Gasteiger partial charge on any atom is -0.359 e. The van der Waals surface area contributed by atoms with Gasteiger partial charge in [-0.15, -0.1) is 5.53 Å². The van der Waals surface area contributed by atoms with Crippen molar-refractivity contribution in [1.29, 1.82) is 0 Å². The van der Waals surface area contributed by atoms with E-state index in [2.05, 4.69) is 26.4 Å². The fraction of sp³-hybridized carbons (Fsp3) is 0.346. The Morgan fingerprint density at radius 1 is 1.18 bits per heavy atom. The van der Waals surface area contributed by atoms with E-state index in [0.717, 1.165) is 34.7 Å². The summed E-state index contributed by atoms with van der Waals surface area (Å²) in [6, 6.07) is 6.88. The molecular weight excluding hydrogens is 497 g/mol. The van der Waals surface area contributed by atoms with E-state index >= 15 is 0 Å². The van der Waals surface area contributed by atoms with E-state index in [4.69, 9.17) is 0 Å². The van der Waals surface area contributed by atoms with Crippen molar-refractivity contribution < 1.29 is 18.0 Å². The molecule has 0 saturated carbocycles. The van der Waals surface area contributed by atoms with Crippen molar-refractivity contribution in [1.82, 2.24) is 25.7 Å². The van der Waals surface area contributed by atoms with Crippen LogP contribution in [0.25, 0.3) is 5.70 Å². The number of pyridine rings is 1. The number of aromatic nitrogens is 3. The Balaban J connectivity index is 1.60. The van der Waals surface area contributed by atoms with Gasteiger partial charge < -0.3 is 15.6 Å². The fourth-order valence-electron chi connectivity index (χ4n) is 4.12. The monoisotopic (exact) mass is 528 g/mol. The summed E-state index contributed by atoms with van der Waals surface area (Å²) >= 11 is 0. The van der Waals surface area contributed by atoms with Crippen molar-refractivity contribution in [2.75, 3.05) is 28.8 Å². The number of benzene rings is 1. The largest absolute Gasteiger partial charge is 0.416 e. The standard InChI is InChI=1S/C26H31F3N8O/c1-15(2)13-35(5)24-11-19(26(27,28)29)10-23(31-24)32-25(38)18-8-7-16(3)22(9-18)37-14-21(33-34-37)20-12-30-36(6)17(20)4/h7-12,14-15,33-34H,13H2,1-6H3,(H,31,32,38). The number of alkyl halides is 3. The molecule has 38 heavy (non-hydrogen) atoms. The van der Waals surface area contributed by atoms with Crippen LogP contribution in [0.3, 0.4) is 0 Å². The summed E-state index contributed by atoms with van der Waals surface area (Å²) in [7, 11) is 3.53. The van der Waals surface area contributed by atoms with Gasteiger partial charge in [-0.05, 0) is 49.6 Å². The first kappa shape index (κ1) is 27.0. The Morgan fingerprint density at radius 2 is 1.92 bits per heavy atom. The van der Waals surface area contributed by atoms with Gasteiger partial charge in [0.2, 0.25) is 0 Å². The lowest BCUT2D eigenvalue weighted by Gasteiger charge is -2.22. The van der Waals surface area contributed by atoms with Gasteiger partial charge in [-0.3, -0.25) is 14.5 Å². The molecule has 2 aromatic heterocycles. The molecule has 0 radical (unpaired) electrons. The second-order valence-electron chi connectivity index (χ2n) is 9.74. The number of nitrogens with one attached hydrogen (secondary N) is 3. The normalized spacial score (nSPS) is 13.5. The van der Waals surface area contributed by atoms with Gasteiger partial charge >= 0.3 is 6.18 Å². The van der Waals surface area contributed by atoms with Crippen LogP contribution >= 0.6 is 0 Å². The Bertz CT molecular complexity index is 1380. The maximum atomic E-state index is 13.6. The number of carbonyl (C=O) groups is 1. The number of aryl methyl sites for hydroxylation is 2. The number of amides is 1. The lowest BCUT2D eigenvalue weighted by molar-refractivity contribution is -0.137. The zero-order valence-corrected chi connectivity index (χ0v) is 22.1. The number of anilines is 3. The van der Waals surface area contributed by atoms with Gasteiger partial charge in [-0.2, -0.15) is 18.3 Å². The summed E-state index contributed by atoms with van der Waals surface area (Å²) in [6.07, 6.45) is -0.984. The lowest BCUT2D eigenvalue weighted by Crippen LogP contribution is -2.36. The van der Waals surface area contributed by atoms with Crippen LogP contribution in [0.15, 0.2) is 42.7 Å². The number of halogens is 3. The van der Waals surface area contributed by atoms with E-state index in [1.807, 2.05) is 40.9 Å². The summed E-state index contributed by atoms with van der Waals surface area (Å²) in [5.41, 5.74) is 9.81. The van der Waals surface area contributed by atoms with E-state index in [1.165, 1.54) is 0 Å². The van der Waals surface area contributed by atoms with E-state index in [0.29, 0.717) is 12.2 Å². The third-order valence-corrected chi connectivity index (χ3v) is 6.24. The van der Waals surface area contributed by atoms with E-state index in [9.17, 15) is 18.0 Å². The van der Waals surface area contributed by atoms with Gasteiger partial charge in [0.05, 0.1) is 23.1 Å². The fourth-order valence-corrected chi connectivity index (χ4v) is 4.12. The number of nitrogens with zero attached hydrogens (tertiary/aromatic N) is 5. The highest BCUT2D eigenvalue weighted by molar-refractivity contribution is 6.04. The quantitative estimate of drug-likeness (QED) is 0.412. The van der Waals surface area contributed by atoms with Crippen LogP contribution in [0.4, 0.5) is 30.5 Å². The van der Waals surface area contributed by atoms with Gasteiger partial charge in [0.25, 0.3) is 5.91 Å². The predicted octanol–water partition coefficient (Wildman–Crippen LogP) is 4.62. The summed E-state index contributed by atoms with van der Waals surface area (Å²) in [5.74, 6) is -0.405. The lowest BCUT2D eigenvalue weighted by atomic mass is 10.1. The maximum absolute atomic E-state index is 13.6. The topological polar surface area (TPSA) is 90.4 Å². The molecule has 0 unspecified atom stereocenters. The Kier molecular flexibility index (Phi) is 7.36. The molecule has 12 heteroatoms. The Hall–Kier alpha value is -4.06. The molecule has 0 bridgehead atoms. The van der Waals surface area contributed by atoms with Crippen LogP contribution in [0, 0.1) is 19.8 Å². The third kappa shape index (κ3) is 5.75. The number of carbonyl (C=O) groups excluding carboxylic acids is 1. The molecule has 0 saturated heterocycles. The van der Waals surface area contributed by atoms with Crippen LogP contribution in [-0.4, -0.2) is 34.3 Å². The number of hydrogen-bond acceptors (Lipinski definition) is 7. The number of hydrogen-bond donors (Lipinski definition) is 3. The first-order valence-electron chi connectivity index (χ1n) is 12.1. The van der Waals surface area contributed by atoms with Gasteiger partial charge in [-0.25, -0.2) is 4.98 Å². The summed E-state index contributed by atoms with van der Waals surface area (Å²) < 4.78 is 42.6. The molecule has 202 valence electrons. The molecule has 1 aliphatic heterocycles. The first-order chi connectivity index (χ1) is 17.8. The summed E-state index contributed by atoms with van der Waals surface area (Å²) in [5, 5.41) is 8.54. The van der Waals surface area contributed by atoms with Crippen LogP contribution in [0.5, 0.6) is 0 Å². The zero-order valence-electron chi connectivity index (χ0n) is 22.1. The Morgan fingerprint density at radius 3 is 2.55 bits per heavy atom. The highest BCUT2D eigenvalue weighted by Crippen LogP contribution is 2.33. The average Bonchev–Trinajstić information content (AvgIpc) is 3.45. The minimum absolute atomic E-state index is 0.129. The van der Waals surface area contributed by atoms with E-state index < -0.39 is 17.6 Å². The highest BCUT2D eigenvalue weighted by Gasteiger charge is 2.32. The molecule has 3 heterocycles. The van der Waals surface area contributed by atoms with Crippen molar-refractivity contribution in [2.24, 2.45) is 13.0 Å². The predicted molar refractivity (Wildman–Crippen MR) is 141 cm³/mol. The van der Waals surface area contributed by atoms with Crippen molar-refractivity contribution in [3.63, 3.8) is 0 Å². The summed E-state index contributed by atoms with van der Waals surface area (Å²) in [4.78, 5) is 19.0. The van der Waals surface area contributed by atoms with Crippen LogP contribution in [-0.2, 0) is 13.2 Å². The van der Waals surface area contributed by atoms with Crippen LogP contribution in [0.2, 0.25) is 0 Å². The molecule has 3 N–H and O–H groups in total. The number of rotatable bonds is 7. The molecule has 3 aromatic rings. The molecule has 1 amide bonds. The SMILES string of the molecule is Cc1ccc(C(=O)Nc2cc(C(F)(F)F)cc(N(C)CC(C)C)n2)cc1N1C=C(c2cnn(C)c2C)NN1. The highest BCUT2D eigenvalue weighted by atomic mass is 19.4. The van der Waals surface area contributed by atoms with Crippen LogP contribution < -0.4 is 26.2 Å². The summed E-state index contributed by atoms with van der Waals surface area (Å²) in [6.45, 7) is 8.28. The minimum atomic E-state index is -4.59. The van der Waals surface area contributed by atoms with Crippen molar-refractivity contribution in [3.05, 3.63) is 70.7 Å². The molecular formula is C26H31F3N8O.